The minimum absolute atomic E-state index is 0. The number of carbonyl (C=O) groups excluding carboxylic acids is 20. The third-order valence-electron chi connectivity index (χ3n) is 23.8. The van der Waals surface area contributed by atoms with Crippen LogP contribution in [0.1, 0.15) is 144 Å². The molecule has 6 atom stereocenters. The Hall–Kier alpha value is -16.0. The maximum absolute atomic E-state index is 11.6. The number of anilines is 4. The van der Waals surface area contributed by atoms with E-state index in [1.807, 2.05) is 48.5 Å². The van der Waals surface area contributed by atoms with Gasteiger partial charge in [0.2, 0.25) is 0 Å². The number of morpholine rings is 2. The molecular weight excluding hydrogens is 1860 g/mol. The predicted octanol–water partition coefficient (Wildman–Crippen LogP) is 1.68. The molecule has 3 aliphatic carbocycles. The van der Waals surface area contributed by atoms with Gasteiger partial charge in [-0.2, -0.15) is 0 Å². The zero-order valence-corrected chi connectivity index (χ0v) is 73.5. The molecular formula is C95H98N10O36. The summed E-state index contributed by atoms with van der Waals surface area (Å²) >= 11 is 0. The van der Waals surface area contributed by atoms with E-state index in [2.05, 4.69) is 56.2 Å². The van der Waals surface area contributed by atoms with Crippen LogP contribution in [0.5, 0.6) is 0 Å². The van der Waals surface area contributed by atoms with E-state index < -0.39 is 201 Å². The first-order valence-electron chi connectivity index (χ1n) is 43.3. The van der Waals surface area contributed by atoms with E-state index >= 15 is 0 Å². The van der Waals surface area contributed by atoms with Crippen molar-refractivity contribution in [1.82, 2.24) is 9.80 Å². The van der Waals surface area contributed by atoms with Crippen molar-refractivity contribution < 1.29 is 152 Å². The molecule has 0 spiro atoms. The minimum Gasteiger partial charge on any atom is -0.399 e. The molecule has 0 radical (unpaired) electrons. The van der Waals surface area contributed by atoms with Crippen molar-refractivity contribution in [3.05, 3.63) is 196 Å². The lowest BCUT2D eigenvalue weighted by molar-refractivity contribution is -0.170. The van der Waals surface area contributed by atoms with Gasteiger partial charge in [0.25, 0.3) is 0 Å². The van der Waals surface area contributed by atoms with Crippen LogP contribution in [-0.4, -0.2) is 194 Å². The summed E-state index contributed by atoms with van der Waals surface area (Å²) in [7, 11) is 0. The highest BCUT2D eigenvalue weighted by molar-refractivity contribution is 6.17. The number of ether oxygens (including phenoxy) is 10. The summed E-state index contributed by atoms with van der Waals surface area (Å²) in [5.74, 6) is -20.2. The van der Waals surface area contributed by atoms with Gasteiger partial charge in [-0.25, -0.2) is 38.4 Å². The van der Waals surface area contributed by atoms with Crippen LogP contribution < -0.4 is 68.4 Å². The summed E-state index contributed by atoms with van der Waals surface area (Å²) < 4.78 is 52.7. The lowest BCUT2D eigenvalue weighted by Gasteiger charge is -2.33. The SMILES string of the molecule is C.C.NC1CCC(N)CC1.NCCCCCCN.Nc1ccc(Cc2ccc(N)cc2)cc1.Nc1ccc(N)cc1.O=C1CC(C2CC(=O)OC2=O)C(=O)O1.O=C1CN(CCN2CC(=O)OC(=O)C2)CC(=O)O1.O=C1OC(=O)C2C1C1C(=O)OC(=O)C21.O=C1OC(=O)C2CC3C(=O)OC(=O)C3CC12.O=C1OC(=O)c2cc(-c3ccc4c(c3)C(=O)OC4=O)ccc21.O=c1oc(=O)c2cc3c(=O)oc(=O)c3cc12. The summed E-state index contributed by atoms with van der Waals surface area (Å²) in [6, 6.07) is 35.5. The number of nitrogens with zero attached hydrogens (tertiary/aromatic N) is 2. The van der Waals surface area contributed by atoms with Gasteiger partial charge in [-0.1, -0.05) is 64.1 Å². The van der Waals surface area contributed by atoms with Crippen LogP contribution in [0.25, 0.3) is 32.7 Å². The Morgan fingerprint density at radius 1 is 0.277 bits per heavy atom. The summed E-state index contributed by atoms with van der Waals surface area (Å²) in [5.41, 5.74) is 48.2. The Balaban J connectivity index is 0.000000163. The molecule has 141 heavy (non-hydrogen) atoms. The van der Waals surface area contributed by atoms with Crippen molar-refractivity contribution in [3.8, 4) is 11.1 Å². The van der Waals surface area contributed by atoms with E-state index in [-0.39, 0.29) is 111 Å². The number of unbranched alkanes of at least 4 members (excludes halogenated alkanes) is 3. The maximum atomic E-state index is 11.6. The lowest BCUT2D eigenvalue weighted by atomic mass is 9.59. The average molecular weight is 1960 g/mol. The zero-order valence-electron chi connectivity index (χ0n) is 73.5. The number of benzene rings is 6. The molecule has 0 bridgehead atoms. The fraction of sp³-hybridized carbons (Fsp3) is 0.368. The second-order valence-electron chi connectivity index (χ2n) is 33.4. The monoisotopic (exact) mass is 1950 g/mol. The zero-order chi connectivity index (χ0) is 101. The van der Waals surface area contributed by atoms with Gasteiger partial charge in [0, 0.05) is 47.9 Å². The molecule has 12 heterocycles. The van der Waals surface area contributed by atoms with E-state index in [0.717, 1.165) is 92.9 Å². The van der Waals surface area contributed by atoms with Crippen molar-refractivity contribution in [3.63, 3.8) is 0 Å². The smallest absolute Gasteiger partial charge is 0.346 e. The normalized spacial score (nSPS) is 23.3. The molecule has 3 saturated carbocycles. The van der Waals surface area contributed by atoms with E-state index in [1.165, 1.54) is 48.2 Å². The number of fused-ring (bicyclic) bond motifs is 10. The number of nitrogens with two attached hydrogens (primary N) is 8. The summed E-state index contributed by atoms with van der Waals surface area (Å²) in [4.78, 5) is 271. The van der Waals surface area contributed by atoms with Gasteiger partial charge < -0.3 is 102 Å². The predicted molar refractivity (Wildman–Crippen MR) is 484 cm³/mol. The fourth-order valence-electron chi connectivity index (χ4n) is 16.5. The minimum atomic E-state index is -0.846. The maximum Gasteiger partial charge on any atom is 0.346 e. The van der Waals surface area contributed by atoms with Gasteiger partial charge in [-0.3, -0.25) is 86.5 Å². The second kappa shape index (κ2) is 47.3. The Morgan fingerprint density at radius 2 is 0.539 bits per heavy atom. The van der Waals surface area contributed by atoms with Crippen LogP contribution >= 0.6 is 0 Å². The lowest BCUT2D eigenvalue weighted by Crippen LogP contribution is -2.50. The van der Waals surface area contributed by atoms with E-state index in [4.69, 9.17) is 45.9 Å². The highest BCUT2D eigenvalue weighted by Crippen LogP contribution is 2.55. The van der Waals surface area contributed by atoms with Crippen molar-refractivity contribution in [2.24, 2.45) is 82.1 Å². The van der Waals surface area contributed by atoms with Crippen LogP contribution in [0.2, 0.25) is 0 Å². The summed E-state index contributed by atoms with van der Waals surface area (Å²) in [6.45, 7) is 2.61. The Morgan fingerprint density at radius 3 is 0.809 bits per heavy atom. The van der Waals surface area contributed by atoms with Crippen LogP contribution in [0.15, 0.2) is 149 Å². The molecule has 16 N–H and O–H groups in total. The van der Waals surface area contributed by atoms with Gasteiger partial charge in [0.15, 0.2) is 0 Å². The third kappa shape index (κ3) is 26.5. The van der Waals surface area contributed by atoms with Crippen molar-refractivity contribution in [1.29, 1.82) is 0 Å². The molecule has 744 valence electrons. The molecule has 8 saturated heterocycles. The summed E-state index contributed by atoms with van der Waals surface area (Å²) in [5, 5.41) is -0.0726. The van der Waals surface area contributed by atoms with Crippen molar-refractivity contribution in [2.45, 2.75) is 110 Å². The molecule has 21 rings (SSSR count). The first-order chi connectivity index (χ1) is 66.1. The number of nitrogen functional groups attached to an aromatic ring is 4. The van der Waals surface area contributed by atoms with E-state index in [1.54, 1.807) is 46.2 Å². The van der Waals surface area contributed by atoms with Crippen LogP contribution in [0.3, 0.4) is 0 Å². The third-order valence-corrected chi connectivity index (χ3v) is 23.8. The van der Waals surface area contributed by atoms with Gasteiger partial charge in [0.1, 0.15) is 0 Å². The Bertz CT molecular complexity index is 5900. The van der Waals surface area contributed by atoms with Gasteiger partial charge in [0.05, 0.1) is 142 Å². The van der Waals surface area contributed by atoms with Gasteiger partial charge in [-0.15, -0.1) is 0 Å². The van der Waals surface area contributed by atoms with Crippen molar-refractivity contribution >= 4 is 164 Å². The van der Waals surface area contributed by atoms with Crippen LogP contribution in [0.4, 0.5) is 22.7 Å². The molecule has 11 fully saturated rings. The molecule has 8 aromatic rings. The number of cyclic esters (lactones) is 20. The number of hydrogen-bond donors (Lipinski definition) is 8. The van der Waals surface area contributed by atoms with Crippen LogP contribution in [0, 0.1) is 59.2 Å². The first kappa shape index (κ1) is 107. The van der Waals surface area contributed by atoms with Gasteiger partial charge >= 0.3 is 142 Å². The number of carbonyl (C=O) groups is 20. The number of hydrogen-bond acceptors (Lipinski definition) is 46. The Labute approximate surface area is 797 Å². The fourth-order valence-corrected chi connectivity index (χ4v) is 16.5. The standard InChI is InChI=1S/C16H6O6.C13H14N2.C10H12N2O6.C10H8O6.C10H2O6.C8H4O6.C8H6O6.C6H14N2.C6H8N2.C6H16N2.2CH4/c17-13-9-3-1-7(5-11(9)15(19)21-13)8-2-4-10-12(6-8)16(20)22-14(10)18;14-12-5-1-10(2-6-12)9-11-3-7-13(15)8-4-11;13-7-3-11(4-8(14)17-7)1-2-12-5-9(15)18-10(16)6-12;2*11-7-3-1-4-6(10(14)16-8(4)12)2-5(3)9(13)15-7;9-5-1-2(6(10)13-5)4-3(1)7(11)14-8(4)12;9-5-1-3(7(11)13-5)4-2-6(10)14-8(4)12;2*7-5-1-2-6(8)4-3-5;7-5-3-1-2-4-6-8;;/h1-6H;1-8H,9,14-15H2;1-6H2;3-6H,1-2H2;1-2H;1-4H;3-4H,1-2H2;5-6H,1-4,7-8H2;1-4H,7-8H2;1-8H2;2*1H4. The number of furan rings is 2. The van der Waals surface area contributed by atoms with E-state index in [0.29, 0.717) is 36.3 Å². The highest BCUT2D eigenvalue weighted by atomic mass is 16.6. The summed E-state index contributed by atoms with van der Waals surface area (Å²) in [6.07, 6.45) is 10.3. The van der Waals surface area contributed by atoms with Crippen molar-refractivity contribution in [2.75, 3.05) is 75.3 Å². The quantitative estimate of drug-likeness (QED) is 0.0283. The molecule has 46 heteroatoms. The molecule has 6 aromatic carbocycles. The Kier molecular flexibility index (Phi) is 35.9. The highest BCUT2D eigenvalue weighted by Gasteiger charge is 2.73. The molecule has 10 aliphatic heterocycles. The first-order valence-corrected chi connectivity index (χ1v) is 43.3. The van der Waals surface area contributed by atoms with Crippen LogP contribution in [-0.2, 0) is 131 Å². The molecule has 13 aliphatic rings. The number of rotatable bonds is 12. The molecule has 2 aromatic heterocycles. The average Bonchev–Trinajstić information content (AvgIpc) is 1.54. The largest absolute Gasteiger partial charge is 0.399 e. The molecule has 6 unspecified atom stereocenters. The van der Waals surface area contributed by atoms with Gasteiger partial charge in [-0.05, 0) is 178 Å². The molecule has 46 nitrogen and oxygen atoms in total. The molecule has 0 amide bonds. The second-order valence-corrected chi connectivity index (χ2v) is 33.4. The van der Waals surface area contributed by atoms with E-state index in [9.17, 15) is 115 Å². The topological polar surface area (TPSA) is 743 Å². The number of esters is 20.